The van der Waals surface area contributed by atoms with Crippen molar-refractivity contribution >= 4 is 11.6 Å². The third kappa shape index (κ3) is 2.81. The summed E-state index contributed by atoms with van der Waals surface area (Å²) in [5.74, 6) is 0.727. The number of nitrogens with two attached hydrogens (primary N) is 1. The van der Waals surface area contributed by atoms with Crippen LogP contribution < -0.4 is 15.8 Å². The summed E-state index contributed by atoms with van der Waals surface area (Å²) < 4.78 is 5.79. The van der Waals surface area contributed by atoms with Crippen LogP contribution in [0.15, 0.2) is 36.5 Å². The summed E-state index contributed by atoms with van der Waals surface area (Å²) in [5, 5.41) is 2.88. The molecule has 1 atom stereocenters. The molecule has 0 spiro atoms. The van der Waals surface area contributed by atoms with E-state index in [0.29, 0.717) is 23.5 Å². The first-order valence-electron chi connectivity index (χ1n) is 6.88. The molecule has 2 aromatic rings. The van der Waals surface area contributed by atoms with Gasteiger partial charge in [-0.1, -0.05) is 18.2 Å². The zero-order valence-electron chi connectivity index (χ0n) is 11.8. The number of fused-ring (bicyclic) bond motifs is 1. The van der Waals surface area contributed by atoms with Gasteiger partial charge in [0, 0.05) is 6.42 Å². The van der Waals surface area contributed by atoms with Crippen molar-refractivity contribution in [3.8, 4) is 5.75 Å². The van der Waals surface area contributed by atoms with Crippen molar-refractivity contribution in [2.24, 2.45) is 0 Å². The lowest BCUT2D eigenvalue weighted by Gasteiger charge is -2.13. The van der Waals surface area contributed by atoms with Gasteiger partial charge in [0.1, 0.15) is 11.9 Å². The van der Waals surface area contributed by atoms with Gasteiger partial charge in [-0.2, -0.15) is 0 Å². The Kier molecular flexibility index (Phi) is 3.48. The Morgan fingerprint density at radius 1 is 1.48 bits per heavy atom. The molecule has 2 heterocycles. The fraction of sp³-hybridized carbons (Fsp3) is 0.250. The van der Waals surface area contributed by atoms with Gasteiger partial charge in [0.25, 0.3) is 5.91 Å². The minimum atomic E-state index is -0.174. The van der Waals surface area contributed by atoms with E-state index in [1.54, 1.807) is 19.2 Å². The Hall–Kier alpha value is -2.56. The molecule has 3 rings (SSSR count). The van der Waals surface area contributed by atoms with Crippen LogP contribution in [0.25, 0.3) is 0 Å². The van der Waals surface area contributed by atoms with Gasteiger partial charge in [-0.25, -0.2) is 0 Å². The highest BCUT2D eigenvalue weighted by molar-refractivity contribution is 5.95. The van der Waals surface area contributed by atoms with Crippen LogP contribution in [0.3, 0.4) is 0 Å². The number of pyridine rings is 1. The highest BCUT2D eigenvalue weighted by atomic mass is 16.5. The lowest BCUT2D eigenvalue weighted by molar-refractivity contribution is 0.0932. The minimum Gasteiger partial charge on any atom is -0.488 e. The Bertz CT molecular complexity index is 660. The van der Waals surface area contributed by atoms with Crippen molar-refractivity contribution in [2.45, 2.75) is 19.4 Å². The number of anilines is 1. The first-order valence-corrected chi connectivity index (χ1v) is 6.88. The number of aryl methyl sites for hydroxylation is 1. The fourth-order valence-corrected chi connectivity index (χ4v) is 2.45. The average Bonchev–Trinajstić information content (AvgIpc) is 2.90. The quantitative estimate of drug-likeness (QED) is 0.899. The molecule has 108 valence electrons. The van der Waals surface area contributed by atoms with Gasteiger partial charge in [0.2, 0.25) is 0 Å². The average molecular weight is 283 g/mol. The number of amides is 1. The molecule has 0 fully saturated rings. The molecular formula is C16H17N3O2. The van der Waals surface area contributed by atoms with E-state index in [1.807, 2.05) is 24.3 Å². The summed E-state index contributed by atoms with van der Waals surface area (Å²) in [4.78, 5) is 16.3. The van der Waals surface area contributed by atoms with E-state index in [-0.39, 0.29) is 12.0 Å². The number of aromatic nitrogens is 1. The summed E-state index contributed by atoms with van der Waals surface area (Å²) in [6.07, 6.45) is 2.33. The van der Waals surface area contributed by atoms with Crippen molar-refractivity contribution in [2.75, 3.05) is 12.3 Å². The topological polar surface area (TPSA) is 77.2 Å². The second-order valence-electron chi connectivity index (χ2n) is 5.16. The van der Waals surface area contributed by atoms with Gasteiger partial charge in [0.05, 0.1) is 29.7 Å². The number of benzene rings is 1. The number of nitrogens with zero attached hydrogens (tertiary/aromatic N) is 1. The number of ether oxygens (including phenoxy) is 1. The Labute approximate surface area is 123 Å². The van der Waals surface area contributed by atoms with Crippen molar-refractivity contribution in [3.63, 3.8) is 0 Å². The molecule has 1 aliphatic rings. The third-order valence-electron chi connectivity index (χ3n) is 3.56. The molecule has 1 aliphatic heterocycles. The summed E-state index contributed by atoms with van der Waals surface area (Å²) in [7, 11) is 0. The van der Waals surface area contributed by atoms with Gasteiger partial charge in [-0.15, -0.1) is 0 Å². The minimum absolute atomic E-state index is 0.0272. The van der Waals surface area contributed by atoms with Gasteiger partial charge in [-0.3, -0.25) is 9.78 Å². The third-order valence-corrected chi connectivity index (χ3v) is 3.56. The van der Waals surface area contributed by atoms with Crippen LogP contribution in [0, 0.1) is 6.92 Å². The van der Waals surface area contributed by atoms with E-state index in [2.05, 4.69) is 10.3 Å². The molecule has 0 aliphatic carbocycles. The van der Waals surface area contributed by atoms with E-state index < -0.39 is 0 Å². The number of carbonyl (C=O) groups excluding carboxylic acids is 1. The summed E-state index contributed by atoms with van der Waals surface area (Å²) in [6, 6.07) is 9.57. The van der Waals surface area contributed by atoms with Crippen LogP contribution in [-0.4, -0.2) is 23.5 Å². The van der Waals surface area contributed by atoms with Crippen molar-refractivity contribution < 1.29 is 9.53 Å². The Morgan fingerprint density at radius 3 is 3.10 bits per heavy atom. The van der Waals surface area contributed by atoms with Gasteiger partial charge in [-0.05, 0) is 24.6 Å². The molecule has 0 radical (unpaired) electrons. The first kappa shape index (κ1) is 13.4. The van der Waals surface area contributed by atoms with E-state index in [0.717, 1.165) is 12.2 Å². The predicted octanol–water partition coefficient (Wildman–Crippen LogP) is 1.71. The van der Waals surface area contributed by atoms with E-state index in [1.165, 1.54) is 5.56 Å². The highest BCUT2D eigenvalue weighted by Gasteiger charge is 2.23. The summed E-state index contributed by atoms with van der Waals surface area (Å²) in [6.45, 7) is 2.25. The van der Waals surface area contributed by atoms with E-state index in [4.69, 9.17) is 10.5 Å². The molecule has 1 unspecified atom stereocenters. The van der Waals surface area contributed by atoms with Crippen molar-refractivity contribution in [1.29, 1.82) is 0 Å². The molecule has 1 amide bonds. The largest absolute Gasteiger partial charge is 0.488 e. The predicted molar refractivity (Wildman–Crippen MR) is 80.3 cm³/mol. The molecule has 5 nitrogen and oxygen atoms in total. The smallest absolute Gasteiger partial charge is 0.253 e. The Morgan fingerprint density at radius 2 is 2.29 bits per heavy atom. The number of nitrogen functional groups attached to an aromatic ring is 1. The molecule has 3 N–H and O–H groups in total. The lowest BCUT2D eigenvalue weighted by Crippen LogP contribution is -2.34. The normalized spacial score (nSPS) is 16.1. The van der Waals surface area contributed by atoms with Crippen LogP contribution in [0.5, 0.6) is 5.75 Å². The summed E-state index contributed by atoms with van der Waals surface area (Å²) in [5.41, 5.74) is 8.50. The second kappa shape index (κ2) is 5.44. The van der Waals surface area contributed by atoms with Gasteiger partial charge in [0.15, 0.2) is 0 Å². The molecule has 0 saturated carbocycles. The van der Waals surface area contributed by atoms with Gasteiger partial charge >= 0.3 is 0 Å². The summed E-state index contributed by atoms with van der Waals surface area (Å²) >= 11 is 0. The number of para-hydroxylation sites is 1. The lowest BCUT2D eigenvalue weighted by atomic mass is 10.1. The maximum absolute atomic E-state index is 12.2. The molecular weight excluding hydrogens is 266 g/mol. The Balaban J connectivity index is 1.61. The molecule has 1 aromatic heterocycles. The molecule has 21 heavy (non-hydrogen) atoms. The highest BCUT2D eigenvalue weighted by Crippen LogP contribution is 2.27. The van der Waals surface area contributed by atoms with Gasteiger partial charge < -0.3 is 15.8 Å². The fourth-order valence-electron chi connectivity index (χ4n) is 2.45. The van der Waals surface area contributed by atoms with Crippen molar-refractivity contribution in [1.82, 2.24) is 10.3 Å². The maximum Gasteiger partial charge on any atom is 0.253 e. The van der Waals surface area contributed by atoms with Crippen LogP contribution in [0.1, 0.15) is 21.6 Å². The molecule has 0 bridgehead atoms. The number of nitrogens with one attached hydrogen (secondary N) is 1. The number of hydrogen-bond acceptors (Lipinski definition) is 4. The standard InChI is InChI=1S/C16H17N3O2/c1-10-14(7-12(17)8-18-10)16(20)19-9-13-6-11-4-2-3-5-15(11)21-13/h2-5,7-8,13H,6,9,17H2,1H3,(H,19,20). The molecule has 5 heteroatoms. The maximum atomic E-state index is 12.2. The van der Waals surface area contributed by atoms with E-state index >= 15 is 0 Å². The first-order chi connectivity index (χ1) is 10.1. The van der Waals surface area contributed by atoms with Crippen LogP contribution in [0.2, 0.25) is 0 Å². The SMILES string of the molecule is Cc1ncc(N)cc1C(=O)NCC1Cc2ccccc2O1. The number of carbonyl (C=O) groups is 1. The van der Waals surface area contributed by atoms with E-state index in [9.17, 15) is 4.79 Å². The molecule has 0 saturated heterocycles. The monoisotopic (exact) mass is 283 g/mol. The van der Waals surface area contributed by atoms with Crippen LogP contribution in [-0.2, 0) is 6.42 Å². The zero-order chi connectivity index (χ0) is 14.8. The second-order valence-corrected chi connectivity index (χ2v) is 5.16. The van der Waals surface area contributed by atoms with Crippen LogP contribution in [0.4, 0.5) is 5.69 Å². The molecule has 1 aromatic carbocycles. The van der Waals surface area contributed by atoms with Crippen LogP contribution >= 0.6 is 0 Å². The zero-order valence-corrected chi connectivity index (χ0v) is 11.8. The number of hydrogen-bond donors (Lipinski definition) is 2. The van der Waals surface area contributed by atoms with Crippen molar-refractivity contribution in [3.05, 3.63) is 53.3 Å². The number of rotatable bonds is 3.